The summed E-state index contributed by atoms with van der Waals surface area (Å²) in [6.07, 6.45) is 9.17. The van der Waals surface area contributed by atoms with E-state index in [0.29, 0.717) is 6.04 Å². The molecule has 0 radical (unpaired) electrons. The largest absolute Gasteiger partial charge is 0.311 e. The van der Waals surface area contributed by atoms with Crippen molar-refractivity contribution in [2.24, 2.45) is 5.92 Å². The van der Waals surface area contributed by atoms with E-state index in [4.69, 9.17) is 0 Å². The van der Waals surface area contributed by atoms with Gasteiger partial charge in [-0.1, -0.05) is 31.8 Å². The molecule has 1 nitrogen and oxygen atoms in total. The van der Waals surface area contributed by atoms with Gasteiger partial charge in [0.2, 0.25) is 0 Å². The monoisotopic (exact) mass is 167 g/mol. The minimum atomic E-state index is 0.478. The minimum absolute atomic E-state index is 0.478. The lowest BCUT2D eigenvalue weighted by molar-refractivity contribution is 0.468. The summed E-state index contributed by atoms with van der Waals surface area (Å²) in [4.78, 5) is 0. The fourth-order valence-electron chi connectivity index (χ4n) is 1.90. The molecule has 1 heteroatoms. The summed E-state index contributed by atoms with van der Waals surface area (Å²) in [6, 6.07) is 0.478. The molecule has 0 amide bonds. The summed E-state index contributed by atoms with van der Waals surface area (Å²) >= 11 is 0. The van der Waals surface area contributed by atoms with E-state index in [1.807, 2.05) is 6.08 Å². The smallest absolute Gasteiger partial charge is 0.0219 e. The highest BCUT2D eigenvalue weighted by Crippen LogP contribution is 2.26. The summed E-state index contributed by atoms with van der Waals surface area (Å²) in [5.41, 5.74) is 0. The summed E-state index contributed by atoms with van der Waals surface area (Å²) in [7, 11) is 0. The second-order valence-electron chi connectivity index (χ2n) is 3.92. The van der Waals surface area contributed by atoms with Crippen LogP contribution in [0, 0.1) is 5.92 Å². The van der Waals surface area contributed by atoms with Gasteiger partial charge in [0.05, 0.1) is 0 Å². The Kier molecular flexibility index (Phi) is 4.37. The molecule has 1 rings (SSSR count). The molecule has 0 saturated heterocycles. The zero-order valence-corrected chi connectivity index (χ0v) is 8.18. The van der Waals surface area contributed by atoms with E-state index in [1.54, 1.807) is 0 Å². The maximum absolute atomic E-state index is 3.75. The first kappa shape index (κ1) is 9.79. The Morgan fingerprint density at radius 3 is 2.75 bits per heavy atom. The zero-order chi connectivity index (χ0) is 8.81. The van der Waals surface area contributed by atoms with Crippen LogP contribution in [0.5, 0.6) is 0 Å². The van der Waals surface area contributed by atoms with Crippen LogP contribution < -0.4 is 5.32 Å². The van der Waals surface area contributed by atoms with Crippen LogP contribution in [-0.4, -0.2) is 12.6 Å². The second-order valence-corrected chi connectivity index (χ2v) is 3.92. The fraction of sp³-hybridized carbons (Fsp3) is 0.818. The third kappa shape index (κ3) is 3.40. The molecule has 1 aliphatic carbocycles. The SMILES string of the molecule is C=CC(C)NCCC1CCCC1. The standard InChI is InChI=1S/C11H21N/c1-3-10(2)12-9-8-11-6-4-5-7-11/h3,10-12H,1,4-9H2,2H3. The lowest BCUT2D eigenvalue weighted by atomic mass is 10.0. The van der Waals surface area contributed by atoms with Crippen LogP contribution in [0.25, 0.3) is 0 Å². The Hall–Kier alpha value is -0.300. The van der Waals surface area contributed by atoms with Crippen LogP contribution in [0.2, 0.25) is 0 Å². The average Bonchev–Trinajstić information content (AvgIpc) is 2.57. The number of rotatable bonds is 5. The Morgan fingerprint density at radius 1 is 1.50 bits per heavy atom. The first-order valence-electron chi connectivity index (χ1n) is 5.19. The first-order valence-corrected chi connectivity index (χ1v) is 5.19. The van der Waals surface area contributed by atoms with E-state index in [9.17, 15) is 0 Å². The quantitative estimate of drug-likeness (QED) is 0.621. The zero-order valence-electron chi connectivity index (χ0n) is 8.18. The van der Waals surface area contributed by atoms with Crippen molar-refractivity contribution < 1.29 is 0 Å². The molecule has 1 N–H and O–H groups in total. The third-order valence-electron chi connectivity index (χ3n) is 2.85. The van der Waals surface area contributed by atoms with E-state index in [2.05, 4.69) is 18.8 Å². The van der Waals surface area contributed by atoms with E-state index in [0.717, 1.165) is 12.5 Å². The van der Waals surface area contributed by atoms with Crippen molar-refractivity contribution >= 4 is 0 Å². The highest BCUT2D eigenvalue weighted by molar-refractivity contribution is 4.81. The topological polar surface area (TPSA) is 12.0 Å². The van der Waals surface area contributed by atoms with Gasteiger partial charge in [0.15, 0.2) is 0 Å². The molecule has 1 fully saturated rings. The van der Waals surface area contributed by atoms with Crippen molar-refractivity contribution in [2.45, 2.75) is 45.1 Å². The van der Waals surface area contributed by atoms with Crippen LogP contribution in [0.15, 0.2) is 12.7 Å². The Bertz CT molecular complexity index is 125. The van der Waals surface area contributed by atoms with Gasteiger partial charge in [0, 0.05) is 6.04 Å². The average molecular weight is 167 g/mol. The minimum Gasteiger partial charge on any atom is -0.311 e. The molecule has 1 unspecified atom stereocenters. The third-order valence-corrected chi connectivity index (χ3v) is 2.85. The molecule has 1 atom stereocenters. The highest BCUT2D eigenvalue weighted by atomic mass is 14.9. The Balaban J connectivity index is 1.97. The van der Waals surface area contributed by atoms with E-state index < -0.39 is 0 Å². The van der Waals surface area contributed by atoms with Gasteiger partial charge in [-0.05, 0) is 25.8 Å². The van der Waals surface area contributed by atoms with Crippen LogP contribution >= 0.6 is 0 Å². The van der Waals surface area contributed by atoms with Crippen LogP contribution in [0.4, 0.5) is 0 Å². The number of hydrogen-bond donors (Lipinski definition) is 1. The fourth-order valence-corrected chi connectivity index (χ4v) is 1.90. The molecule has 0 aromatic rings. The molecular formula is C11H21N. The molecule has 12 heavy (non-hydrogen) atoms. The molecule has 0 spiro atoms. The maximum Gasteiger partial charge on any atom is 0.0219 e. The molecule has 0 aromatic heterocycles. The van der Waals surface area contributed by atoms with Gasteiger partial charge < -0.3 is 5.32 Å². The van der Waals surface area contributed by atoms with Gasteiger partial charge in [0.25, 0.3) is 0 Å². The number of hydrogen-bond acceptors (Lipinski definition) is 1. The van der Waals surface area contributed by atoms with E-state index >= 15 is 0 Å². The molecule has 1 aliphatic rings. The van der Waals surface area contributed by atoms with Crippen LogP contribution in [0.3, 0.4) is 0 Å². The summed E-state index contributed by atoms with van der Waals surface area (Å²) < 4.78 is 0. The Labute approximate surface area is 76.2 Å². The van der Waals surface area contributed by atoms with Crippen molar-refractivity contribution in [1.29, 1.82) is 0 Å². The van der Waals surface area contributed by atoms with Gasteiger partial charge in [0.1, 0.15) is 0 Å². The van der Waals surface area contributed by atoms with Crippen molar-refractivity contribution in [1.82, 2.24) is 5.32 Å². The first-order chi connectivity index (χ1) is 5.83. The summed E-state index contributed by atoms with van der Waals surface area (Å²) in [6.45, 7) is 7.07. The predicted molar refractivity (Wildman–Crippen MR) is 54.2 cm³/mol. The van der Waals surface area contributed by atoms with Crippen LogP contribution in [0.1, 0.15) is 39.0 Å². The van der Waals surface area contributed by atoms with Gasteiger partial charge in [-0.25, -0.2) is 0 Å². The molecule has 70 valence electrons. The van der Waals surface area contributed by atoms with Gasteiger partial charge in [-0.2, -0.15) is 0 Å². The Morgan fingerprint density at radius 2 is 2.17 bits per heavy atom. The molecule has 0 bridgehead atoms. The molecule has 0 aromatic carbocycles. The lowest BCUT2D eigenvalue weighted by Crippen LogP contribution is -2.25. The van der Waals surface area contributed by atoms with Crippen molar-refractivity contribution in [3.05, 3.63) is 12.7 Å². The molecule has 0 aliphatic heterocycles. The highest BCUT2D eigenvalue weighted by Gasteiger charge is 2.13. The van der Waals surface area contributed by atoms with Crippen molar-refractivity contribution in [2.75, 3.05) is 6.54 Å². The van der Waals surface area contributed by atoms with Crippen molar-refractivity contribution in [3.8, 4) is 0 Å². The van der Waals surface area contributed by atoms with Crippen molar-refractivity contribution in [3.63, 3.8) is 0 Å². The van der Waals surface area contributed by atoms with Gasteiger partial charge in [-0.3, -0.25) is 0 Å². The predicted octanol–water partition coefficient (Wildman–Crippen LogP) is 2.73. The summed E-state index contributed by atoms with van der Waals surface area (Å²) in [5, 5.41) is 3.44. The summed E-state index contributed by atoms with van der Waals surface area (Å²) in [5.74, 6) is 1.01. The lowest BCUT2D eigenvalue weighted by Gasteiger charge is -2.12. The van der Waals surface area contributed by atoms with Gasteiger partial charge in [-0.15, -0.1) is 6.58 Å². The van der Waals surface area contributed by atoms with Gasteiger partial charge >= 0.3 is 0 Å². The molecule has 1 saturated carbocycles. The number of nitrogens with one attached hydrogen (secondary N) is 1. The van der Waals surface area contributed by atoms with Crippen LogP contribution in [-0.2, 0) is 0 Å². The molecule has 0 heterocycles. The second kappa shape index (κ2) is 5.36. The van der Waals surface area contributed by atoms with E-state index in [1.165, 1.54) is 32.1 Å². The van der Waals surface area contributed by atoms with E-state index in [-0.39, 0.29) is 0 Å². The molecular weight excluding hydrogens is 146 g/mol. The normalized spacial score (nSPS) is 21.1. The maximum atomic E-state index is 3.75.